The zero-order chi connectivity index (χ0) is 16.7. The third kappa shape index (κ3) is 2.55. The molecule has 1 aliphatic carbocycles. The Bertz CT molecular complexity index is 806. The Morgan fingerprint density at radius 2 is 1.92 bits per heavy atom. The zero-order valence-corrected chi connectivity index (χ0v) is 13.8. The molecule has 2 aromatic rings. The summed E-state index contributed by atoms with van der Waals surface area (Å²) in [6, 6.07) is 12.9. The molecule has 0 saturated heterocycles. The Labute approximate surface area is 144 Å². The van der Waals surface area contributed by atoms with Crippen LogP contribution in [-0.4, -0.2) is 21.7 Å². The number of aliphatic hydroxyl groups excluding tert-OH is 1. The molecule has 1 atom stereocenters. The van der Waals surface area contributed by atoms with Gasteiger partial charge in [-0.2, -0.15) is 0 Å². The summed E-state index contributed by atoms with van der Waals surface area (Å²) in [6.45, 7) is 0.390. The predicted molar refractivity (Wildman–Crippen MR) is 91.4 cm³/mol. The summed E-state index contributed by atoms with van der Waals surface area (Å²) in [5.41, 5.74) is 1.13. The first-order valence-electron chi connectivity index (χ1n) is 8.02. The van der Waals surface area contributed by atoms with Crippen molar-refractivity contribution in [3.8, 4) is 0 Å². The van der Waals surface area contributed by atoms with Crippen LogP contribution >= 0.6 is 11.3 Å². The fourth-order valence-corrected chi connectivity index (χ4v) is 3.89. The highest BCUT2D eigenvalue weighted by atomic mass is 32.1. The molecule has 1 fully saturated rings. The molecule has 24 heavy (non-hydrogen) atoms. The number of carbonyl (C=O) groups is 2. The van der Waals surface area contributed by atoms with Gasteiger partial charge < -0.3 is 10.0 Å². The molecule has 1 aliphatic heterocycles. The van der Waals surface area contributed by atoms with E-state index in [0.717, 1.165) is 23.3 Å². The molecule has 1 saturated carbocycles. The van der Waals surface area contributed by atoms with Crippen molar-refractivity contribution in [2.75, 3.05) is 0 Å². The van der Waals surface area contributed by atoms with E-state index in [9.17, 15) is 14.7 Å². The number of hydrogen-bond donors (Lipinski definition) is 1. The van der Waals surface area contributed by atoms with Gasteiger partial charge in [0.15, 0.2) is 11.5 Å². The van der Waals surface area contributed by atoms with Gasteiger partial charge in [0.2, 0.25) is 0 Å². The Balaban J connectivity index is 1.76. The lowest BCUT2D eigenvalue weighted by Gasteiger charge is -2.26. The number of thiophene rings is 1. The summed E-state index contributed by atoms with van der Waals surface area (Å²) in [5, 5.41) is 12.4. The lowest BCUT2D eigenvalue weighted by atomic mass is 9.94. The fourth-order valence-electron chi connectivity index (χ4n) is 3.19. The first-order chi connectivity index (χ1) is 11.7. The molecule has 1 aromatic carbocycles. The number of carbonyl (C=O) groups excluding carboxylic acids is 2. The van der Waals surface area contributed by atoms with Crippen molar-refractivity contribution in [1.82, 2.24) is 4.90 Å². The maximum atomic E-state index is 12.7. The molecule has 4 rings (SSSR count). The number of rotatable bonds is 5. The second kappa shape index (κ2) is 5.91. The highest BCUT2D eigenvalue weighted by Crippen LogP contribution is 2.43. The van der Waals surface area contributed by atoms with Crippen molar-refractivity contribution in [1.29, 1.82) is 0 Å². The van der Waals surface area contributed by atoms with E-state index < -0.39 is 11.9 Å². The summed E-state index contributed by atoms with van der Waals surface area (Å²) in [6.07, 6.45) is 1.69. The monoisotopic (exact) mass is 339 g/mol. The predicted octanol–water partition coefficient (Wildman–Crippen LogP) is 3.62. The van der Waals surface area contributed by atoms with E-state index in [1.807, 2.05) is 47.8 Å². The lowest BCUT2D eigenvalue weighted by molar-refractivity contribution is -0.130. The average Bonchev–Trinajstić information content (AvgIpc) is 3.28. The van der Waals surface area contributed by atoms with Crippen LogP contribution in [0.25, 0.3) is 0 Å². The van der Waals surface area contributed by atoms with Crippen LogP contribution in [-0.2, 0) is 16.1 Å². The van der Waals surface area contributed by atoms with Gasteiger partial charge in [-0.15, -0.1) is 11.3 Å². The molecule has 122 valence electrons. The lowest BCUT2D eigenvalue weighted by Crippen LogP contribution is -2.30. The number of hydrogen-bond acceptors (Lipinski definition) is 4. The molecule has 2 aliphatic rings. The Morgan fingerprint density at radius 1 is 1.17 bits per heavy atom. The average molecular weight is 339 g/mol. The molecule has 0 bridgehead atoms. The van der Waals surface area contributed by atoms with Crippen LogP contribution in [0.15, 0.2) is 59.2 Å². The van der Waals surface area contributed by atoms with Crippen LogP contribution in [0.1, 0.15) is 29.3 Å². The minimum atomic E-state index is -0.506. The molecule has 1 N–H and O–H groups in total. The van der Waals surface area contributed by atoms with Crippen molar-refractivity contribution >= 4 is 23.0 Å². The van der Waals surface area contributed by atoms with E-state index in [0.29, 0.717) is 6.54 Å². The van der Waals surface area contributed by atoms with E-state index in [1.54, 1.807) is 16.2 Å². The van der Waals surface area contributed by atoms with E-state index >= 15 is 0 Å². The number of nitrogens with zero attached hydrogens (tertiary/aromatic N) is 1. The Hall–Kier alpha value is -2.40. The minimum Gasteiger partial charge on any atom is -0.503 e. The van der Waals surface area contributed by atoms with E-state index in [1.165, 1.54) is 0 Å². The van der Waals surface area contributed by atoms with Gasteiger partial charge in [-0.1, -0.05) is 36.4 Å². The minimum absolute atomic E-state index is 0.0390. The van der Waals surface area contributed by atoms with Gasteiger partial charge >= 0.3 is 0 Å². The maximum Gasteiger partial charge on any atom is 0.290 e. The number of ketones is 1. The summed E-state index contributed by atoms with van der Waals surface area (Å²) >= 11 is 1.56. The van der Waals surface area contributed by atoms with Crippen molar-refractivity contribution < 1.29 is 14.7 Å². The zero-order valence-electron chi connectivity index (χ0n) is 13.0. The standard InChI is InChI=1S/C19H17NO3S/c21-17(13-8-9-13)15-16(12-5-2-1-3-6-12)20(19(23)18(15)22)11-14-7-4-10-24-14/h1-7,10,13,16,22H,8-9,11H2. The normalized spacial score (nSPS) is 20.8. The first kappa shape index (κ1) is 15.1. The van der Waals surface area contributed by atoms with Gasteiger partial charge in [-0.05, 0) is 29.9 Å². The molecule has 4 nitrogen and oxygen atoms in total. The van der Waals surface area contributed by atoms with Gasteiger partial charge in [0.05, 0.1) is 18.2 Å². The number of Topliss-reactive ketones (excluding diaryl/α,β-unsaturated/α-hetero) is 1. The van der Waals surface area contributed by atoms with E-state index in [-0.39, 0.29) is 23.0 Å². The van der Waals surface area contributed by atoms with Crippen molar-refractivity contribution in [2.24, 2.45) is 5.92 Å². The van der Waals surface area contributed by atoms with Crippen molar-refractivity contribution in [3.63, 3.8) is 0 Å². The fraction of sp³-hybridized carbons (Fsp3) is 0.263. The summed E-state index contributed by atoms with van der Waals surface area (Å²) in [5.74, 6) is -0.954. The molecule has 0 spiro atoms. The van der Waals surface area contributed by atoms with Gasteiger partial charge in [0.25, 0.3) is 5.91 Å². The van der Waals surface area contributed by atoms with Gasteiger partial charge in [0, 0.05) is 10.8 Å². The SMILES string of the molecule is O=C(C1=C(O)C(=O)N(Cc2cccs2)C1c1ccccc1)C1CC1. The molecule has 0 radical (unpaired) electrons. The van der Waals surface area contributed by atoms with Gasteiger partial charge in [-0.3, -0.25) is 9.59 Å². The molecule has 1 aromatic heterocycles. The van der Waals surface area contributed by atoms with Crippen LogP contribution in [0.3, 0.4) is 0 Å². The van der Waals surface area contributed by atoms with Crippen molar-refractivity contribution in [2.45, 2.75) is 25.4 Å². The molecule has 1 amide bonds. The summed E-state index contributed by atoms with van der Waals surface area (Å²) < 4.78 is 0. The number of aliphatic hydroxyl groups is 1. The summed E-state index contributed by atoms with van der Waals surface area (Å²) in [7, 11) is 0. The Kier molecular flexibility index (Phi) is 3.73. The van der Waals surface area contributed by atoms with Crippen LogP contribution in [0, 0.1) is 5.92 Å². The Morgan fingerprint density at radius 3 is 2.54 bits per heavy atom. The number of benzene rings is 1. The highest BCUT2D eigenvalue weighted by molar-refractivity contribution is 7.09. The second-order valence-electron chi connectivity index (χ2n) is 6.23. The largest absolute Gasteiger partial charge is 0.503 e. The van der Waals surface area contributed by atoms with Crippen LogP contribution in [0.2, 0.25) is 0 Å². The molecule has 2 heterocycles. The number of amides is 1. The molecule has 1 unspecified atom stereocenters. The summed E-state index contributed by atoms with van der Waals surface area (Å²) in [4.78, 5) is 28.0. The van der Waals surface area contributed by atoms with Crippen LogP contribution in [0.4, 0.5) is 0 Å². The van der Waals surface area contributed by atoms with Gasteiger partial charge in [-0.25, -0.2) is 0 Å². The smallest absolute Gasteiger partial charge is 0.290 e. The first-order valence-corrected chi connectivity index (χ1v) is 8.90. The highest BCUT2D eigenvalue weighted by Gasteiger charge is 2.46. The molecule has 5 heteroatoms. The maximum absolute atomic E-state index is 12.7. The van der Waals surface area contributed by atoms with Crippen LogP contribution in [0.5, 0.6) is 0 Å². The topological polar surface area (TPSA) is 57.6 Å². The van der Waals surface area contributed by atoms with Gasteiger partial charge in [0.1, 0.15) is 0 Å². The van der Waals surface area contributed by atoms with Crippen molar-refractivity contribution in [3.05, 3.63) is 69.6 Å². The third-order valence-electron chi connectivity index (χ3n) is 4.54. The van der Waals surface area contributed by atoms with E-state index in [4.69, 9.17) is 0 Å². The second-order valence-corrected chi connectivity index (χ2v) is 7.26. The van der Waals surface area contributed by atoms with E-state index in [2.05, 4.69) is 0 Å². The third-order valence-corrected chi connectivity index (χ3v) is 5.40. The molecular formula is C19H17NO3S. The molecular weight excluding hydrogens is 322 g/mol. The quantitative estimate of drug-likeness (QED) is 0.905. The van der Waals surface area contributed by atoms with Crippen LogP contribution < -0.4 is 0 Å².